The van der Waals surface area contributed by atoms with Gasteiger partial charge < -0.3 is 20.3 Å². The highest BCUT2D eigenvalue weighted by molar-refractivity contribution is 5.92. The number of carbonyl (C=O) groups excluding carboxylic acids is 1. The van der Waals surface area contributed by atoms with E-state index in [0.29, 0.717) is 6.54 Å². The quantitative estimate of drug-likeness (QED) is 0.899. The largest absolute Gasteiger partial charge is 0.373 e. The van der Waals surface area contributed by atoms with Crippen LogP contribution in [-0.2, 0) is 11.3 Å². The lowest BCUT2D eigenvalue weighted by molar-refractivity contribution is -0.0105. The minimum atomic E-state index is -0.160. The summed E-state index contributed by atoms with van der Waals surface area (Å²) in [5.41, 5.74) is 3.11. The molecular weight excluding hydrogens is 266 g/mol. The highest BCUT2D eigenvalue weighted by Gasteiger charge is 2.38. The van der Waals surface area contributed by atoms with Crippen LogP contribution >= 0.6 is 0 Å². The zero-order valence-corrected chi connectivity index (χ0v) is 12.9. The van der Waals surface area contributed by atoms with E-state index >= 15 is 0 Å². The lowest BCUT2D eigenvalue weighted by Gasteiger charge is -2.34. The van der Waals surface area contributed by atoms with E-state index in [9.17, 15) is 4.79 Å². The molecule has 2 aliphatic rings. The van der Waals surface area contributed by atoms with Crippen molar-refractivity contribution in [2.24, 2.45) is 0 Å². The normalized spacial score (nSPS) is 26.4. The summed E-state index contributed by atoms with van der Waals surface area (Å²) in [6, 6.07) is 6.37. The van der Waals surface area contributed by atoms with Crippen LogP contribution in [0, 0.1) is 0 Å². The molecule has 2 aliphatic heterocycles. The molecule has 5 heteroatoms. The second kappa shape index (κ2) is 5.31. The maximum atomic E-state index is 11.7. The van der Waals surface area contributed by atoms with Crippen LogP contribution in [0.3, 0.4) is 0 Å². The molecule has 3 rings (SSSR count). The van der Waals surface area contributed by atoms with Gasteiger partial charge in [-0.25, -0.2) is 4.79 Å². The number of hydrogen-bond donors (Lipinski definition) is 2. The Morgan fingerprint density at radius 1 is 1.48 bits per heavy atom. The topological polar surface area (TPSA) is 53.6 Å². The third-order valence-corrected chi connectivity index (χ3v) is 4.61. The predicted octanol–water partition coefficient (Wildman–Crippen LogP) is 2.49. The second-order valence-corrected chi connectivity index (χ2v) is 6.19. The van der Waals surface area contributed by atoms with Gasteiger partial charge in [-0.05, 0) is 44.0 Å². The fourth-order valence-electron chi connectivity index (χ4n) is 3.44. The van der Waals surface area contributed by atoms with Gasteiger partial charge in [0.25, 0.3) is 0 Å². The summed E-state index contributed by atoms with van der Waals surface area (Å²) in [6.45, 7) is 3.65. The third-order valence-electron chi connectivity index (χ3n) is 4.61. The minimum absolute atomic E-state index is 0.0495. The molecule has 2 amide bonds. The van der Waals surface area contributed by atoms with Crippen molar-refractivity contribution >= 4 is 11.7 Å². The Hall–Kier alpha value is -1.59. The lowest BCUT2D eigenvalue weighted by atomic mass is 9.87. The summed E-state index contributed by atoms with van der Waals surface area (Å²) in [5, 5.41) is 6.31. The van der Waals surface area contributed by atoms with E-state index in [2.05, 4.69) is 29.7 Å². The summed E-state index contributed by atoms with van der Waals surface area (Å²) in [5.74, 6) is 0. The van der Waals surface area contributed by atoms with E-state index in [4.69, 9.17) is 4.74 Å². The van der Waals surface area contributed by atoms with Crippen molar-refractivity contribution in [1.82, 2.24) is 10.2 Å². The molecule has 21 heavy (non-hydrogen) atoms. The number of likely N-dealkylation sites (N-methyl/N-ethyl adjacent to an activating group) is 1. The van der Waals surface area contributed by atoms with Crippen molar-refractivity contribution in [1.29, 1.82) is 0 Å². The van der Waals surface area contributed by atoms with Crippen LogP contribution in [0.5, 0.6) is 0 Å². The molecule has 0 radical (unpaired) electrons. The van der Waals surface area contributed by atoms with Gasteiger partial charge in [-0.15, -0.1) is 0 Å². The van der Waals surface area contributed by atoms with Gasteiger partial charge in [-0.3, -0.25) is 0 Å². The van der Waals surface area contributed by atoms with Crippen LogP contribution in [0.25, 0.3) is 0 Å². The molecule has 0 saturated carbocycles. The van der Waals surface area contributed by atoms with Crippen LogP contribution in [0.1, 0.15) is 36.9 Å². The number of carbonyl (C=O) groups is 1. The van der Waals surface area contributed by atoms with Crippen molar-refractivity contribution in [3.63, 3.8) is 0 Å². The molecule has 2 unspecified atom stereocenters. The SMILES string of the molecule is CNC(c1ccc2c(c1)CN(C)C(=O)N2)C1(C)CCCO1. The molecule has 1 aromatic rings. The molecule has 5 nitrogen and oxygen atoms in total. The van der Waals surface area contributed by atoms with Crippen LogP contribution in [0.4, 0.5) is 10.5 Å². The molecule has 2 atom stereocenters. The van der Waals surface area contributed by atoms with E-state index in [0.717, 1.165) is 30.7 Å². The zero-order chi connectivity index (χ0) is 15.0. The molecule has 0 bridgehead atoms. The zero-order valence-electron chi connectivity index (χ0n) is 12.9. The Morgan fingerprint density at radius 3 is 2.95 bits per heavy atom. The molecule has 0 aromatic heterocycles. The fourth-order valence-corrected chi connectivity index (χ4v) is 3.44. The number of hydrogen-bond acceptors (Lipinski definition) is 3. The summed E-state index contributed by atoms with van der Waals surface area (Å²) < 4.78 is 5.99. The first kappa shape index (κ1) is 14.4. The Labute approximate surface area is 125 Å². The first-order valence-electron chi connectivity index (χ1n) is 7.50. The third kappa shape index (κ3) is 2.51. The smallest absolute Gasteiger partial charge is 0.321 e. The standard InChI is InChI=1S/C16H23N3O2/c1-16(7-4-8-21-16)14(17-2)11-5-6-13-12(9-11)10-19(3)15(20)18-13/h5-6,9,14,17H,4,7-8,10H2,1-3H3,(H,18,20). The Bertz CT molecular complexity index is 552. The molecule has 2 heterocycles. The highest BCUT2D eigenvalue weighted by Crippen LogP contribution is 2.38. The van der Waals surface area contributed by atoms with Gasteiger partial charge in [-0.1, -0.05) is 12.1 Å². The maximum absolute atomic E-state index is 11.7. The van der Waals surface area contributed by atoms with Crippen molar-refractivity contribution in [2.45, 2.75) is 38.0 Å². The molecular formula is C16H23N3O2. The molecule has 114 valence electrons. The Balaban J connectivity index is 1.92. The number of nitrogens with one attached hydrogen (secondary N) is 2. The van der Waals surface area contributed by atoms with Gasteiger partial charge in [0, 0.05) is 25.9 Å². The average Bonchev–Trinajstić information content (AvgIpc) is 2.88. The van der Waals surface area contributed by atoms with Gasteiger partial charge in [0.1, 0.15) is 0 Å². The van der Waals surface area contributed by atoms with Crippen molar-refractivity contribution < 1.29 is 9.53 Å². The van der Waals surface area contributed by atoms with Gasteiger partial charge in [0.05, 0.1) is 11.6 Å². The van der Waals surface area contributed by atoms with Gasteiger partial charge in [-0.2, -0.15) is 0 Å². The summed E-state index contributed by atoms with van der Waals surface area (Å²) in [7, 11) is 3.78. The number of nitrogens with zero attached hydrogens (tertiary/aromatic N) is 1. The van der Waals surface area contributed by atoms with Crippen LogP contribution < -0.4 is 10.6 Å². The van der Waals surface area contributed by atoms with Crippen LogP contribution in [0.2, 0.25) is 0 Å². The van der Waals surface area contributed by atoms with Gasteiger partial charge in [0.15, 0.2) is 0 Å². The van der Waals surface area contributed by atoms with E-state index in [1.54, 1.807) is 4.90 Å². The average molecular weight is 289 g/mol. The monoisotopic (exact) mass is 289 g/mol. The highest BCUT2D eigenvalue weighted by atomic mass is 16.5. The van der Waals surface area contributed by atoms with Gasteiger partial charge in [0.2, 0.25) is 0 Å². The summed E-state index contributed by atoms with van der Waals surface area (Å²) in [6.07, 6.45) is 2.17. The first-order valence-corrected chi connectivity index (χ1v) is 7.50. The summed E-state index contributed by atoms with van der Waals surface area (Å²) >= 11 is 0. The number of anilines is 1. The van der Waals surface area contributed by atoms with Crippen LogP contribution in [-0.4, -0.2) is 37.2 Å². The molecule has 1 fully saturated rings. The number of fused-ring (bicyclic) bond motifs is 1. The second-order valence-electron chi connectivity index (χ2n) is 6.19. The Morgan fingerprint density at radius 2 is 2.29 bits per heavy atom. The van der Waals surface area contributed by atoms with E-state index in [-0.39, 0.29) is 17.7 Å². The Kier molecular flexibility index (Phi) is 3.63. The summed E-state index contributed by atoms with van der Waals surface area (Å²) in [4.78, 5) is 13.4. The minimum Gasteiger partial charge on any atom is -0.373 e. The van der Waals surface area contributed by atoms with E-state index in [1.165, 1.54) is 5.56 Å². The lowest BCUT2D eigenvalue weighted by Crippen LogP contribution is -2.40. The first-order chi connectivity index (χ1) is 10.0. The molecule has 1 aromatic carbocycles. The number of rotatable bonds is 3. The molecule has 0 aliphatic carbocycles. The molecule has 0 spiro atoms. The maximum Gasteiger partial charge on any atom is 0.321 e. The van der Waals surface area contributed by atoms with Crippen molar-refractivity contribution in [3.05, 3.63) is 29.3 Å². The number of benzene rings is 1. The van der Waals surface area contributed by atoms with E-state index in [1.807, 2.05) is 20.2 Å². The van der Waals surface area contributed by atoms with E-state index < -0.39 is 0 Å². The number of urea groups is 1. The predicted molar refractivity (Wildman–Crippen MR) is 82.3 cm³/mol. The van der Waals surface area contributed by atoms with Crippen molar-refractivity contribution in [2.75, 3.05) is 26.0 Å². The molecule has 2 N–H and O–H groups in total. The van der Waals surface area contributed by atoms with Crippen molar-refractivity contribution in [3.8, 4) is 0 Å². The van der Waals surface area contributed by atoms with Gasteiger partial charge >= 0.3 is 6.03 Å². The fraction of sp³-hybridized carbons (Fsp3) is 0.562. The number of amides is 2. The van der Waals surface area contributed by atoms with Crippen LogP contribution in [0.15, 0.2) is 18.2 Å². The number of ether oxygens (including phenoxy) is 1. The molecule has 1 saturated heterocycles.